The van der Waals surface area contributed by atoms with Gasteiger partial charge in [0.25, 0.3) is 0 Å². The van der Waals surface area contributed by atoms with Crippen LogP contribution in [0.4, 0.5) is 0 Å². The maximum absolute atomic E-state index is 3.71. The third-order valence-corrected chi connectivity index (χ3v) is 5.53. The molecule has 0 amide bonds. The molecule has 116 valence electrons. The van der Waals surface area contributed by atoms with Gasteiger partial charge in [0.15, 0.2) is 0 Å². The molecule has 2 unspecified atom stereocenters. The Hall–Kier alpha value is -0.120. The summed E-state index contributed by atoms with van der Waals surface area (Å²) in [7, 11) is 2.33. The predicted molar refractivity (Wildman–Crippen MR) is 85.0 cm³/mol. The minimum atomic E-state index is 0.413. The summed E-state index contributed by atoms with van der Waals surface area (Å²) < 4.78 is 0. The van der Waals surface area contributed by atoms with E-state index in [1.54, 1.807) is 0 Å². The van der Waals surface area contributed by atoms with Crippen LogP contribution in [0.5, 0.6) is 0 Å². The van der Waals surface area contributed by atoms with Crippen LogP contribution in [-0.2, 0) is 0 Å². The molecule has 20 heavy (non-hydrogen) atoms. The molecule has 2 saturated heterocycles. The van der Waals surface area contributed by atoms with E-state index < -0.39 is 0 Å². The summed E-state index contributed by atoms with van der Waals surface area (Å²) in [6, 6.07) is 1.71. The molecule has 0 radical (unpaired) electrons. The van der Waals surface area contributed by atoms with Gasteiger partial charge in [-0.25, -0.2) is 0 Å². The van der Waals surface area contributed by atoms with Gasteiger partial charge in [0.1, 0.15) is 0 Å². The minimum absolute atomic E-state index is 0.413. The van der Waals surface area contributed by atoms with Crippen LogP contribution < -0.4 is 5.32 Å². The molecule has 1 saturated carbocycles. The van der Waals surface area contributed by atoms with Crippen molar-refractivity contribution in [1.29, 1.82) is 0 Å². The molecule has 3 aliphatic rings. The number of piperidine rings is 2. The van der Waals surface area contributed by atoms with Crippen LogP contribution in [0.1, 0.15) is 46.0 Å². The lowest BCUT2D eigenvalue weighted by Crippen LogP contribution is -2.54. The Morgan fingerprint density at radius 3 is 2.65 bits per heavy atom. The Morgan fingerprint density at radius 1 is 1.10 bits per heavy atom. The molecule has 3 fully saturated rings. The number of fused-ring (bicyclic) bond motifs is 1. The van der Waals surface area contributed by atoms with Gasteiger partial charge in [-0.15, -0.1) is 0 Å². The highest BCUT2D eigenvalue weighted by Crippen LogP contribution is 2.31. The van der Waals surface area contributed by atoms with Gasteiger partial charge < -0.3 is 15.1 Å². The van der Waals surface area contributed by atoms with Crippen molar-refractivity contribution in [3.8, 4) is 0 Å². The Balaban J connectivity index is 1.48. The van der Waals surface area contributed by atoms with Gasteiger partial charge in [-0.2, -0.15) is 0 Å². The Labute approximate surface area is 125 Å². The molecule has 2 atom stereocenters. The second kappa shape index (κ2) is 5.94. The summed E-state index contributed by atoms with van der Waals surface area (Å²) in [5.74, 6) is 0.926. The third kappa shape index (κ3) is 3.75. The summed E-state index contributed by atoms with van der Waals surface area (Å²) in [6.07, 6.45) is 7.03. The number of nitrogens with zero attached hydrogens (tertiary/aromatic N) is 2. The highest BCUT2D eigenvalue weighted by atomic mass is 15.2. The normalized spacial score (nSPS) is 33.1. The number of hydrogen-bond donors (Lipinski definition) is 1. The third-order valence-electron chi connectivity index (χ3n) is 5.53. The summed E-state index contributed by atoms with van der Waals surface area (Å²) >= 11 is 0. The van der Waals surface area contributed by atoms with Gasteiger partial charge >= 0.3 is 0 Å². The molecule has 3 heteroatoms. The molecule has 1 N–H and O–H groups in total. The van der Waals surface area contributed by atoms with E-state index in [0.29, 0.717) is 5.41 Å². The van der Waals surface area contributed by atoms with Gasteiger partial charge in [-0.1, -0.05) is 13.8 Å². The highest BCUT2D eigenvalue weighted by molar-refractivity contribution is 4.91. The quantitative estimate of drug-likeness (QED) is 0.832. The van der Waals surface area contributed by atoms with Crippen molar-refractivity contribution in [3.05, 3.63) is 0 Å². The first-order valence-electron chi connectivity index (χ1n) is 8.69. The van der Waals surface area contributed by atoms with E-state index in [9.17, 15) is 0 Å². The van der Waals surface area contributed by atoms with E-state index in [0.717, 1.165) is 18.0 Å². The highest BCUT2D eigenvalue weighted by Gasteiger charge is 2.36. The van der Waals surface area contributed by atoms with Crippen molar-refractivity contribution in [2.24, 2.45) is 11.3 Å². The molecule has 3 nitrogen and oxygen atoms in total. The van der Waals surface area contributed by atoms with Gasteiger partial charge in [0, 0.05) is 31.7 Å². The average molecular weight is 279 g/mol. The number of hydrogen-bond acceptors (Lipinski definition) is 3. The van der Waals surface area contributed by atoms with Crippen molar-refractivity contribution >= 4 is 0 Å². The van der Waals surface area contributed by atoms with Gasteiger partial charge in [-0.05, 0) is 63.6 Å². The van der Waals surface area contributed by atoms with E-state index in [1.807, 2.05) is 0 Å². The molecule has 0 bridgehead atoms. The molecule has 0 aromatic carbocycles. The van der Waals surface area contributed by atoms with Crippen LogP contribution in [0, 0.1) is 11.3 Å². The molecular weight excluding hydrogens is 246 g/mol. The van der Waals surface area contributed by atoms with Crippen LogP contribution in [0.15, 0.2) is 0 Å². The van der Waals surface area contributed by atoms with Crippen LogP contribution in [-0.4, -0.2) is 61.7 Å². The van der Waals surface area contributed by atoms with Crippen molar-refractivity contribution in [2.45, 2.75) is 58.0 Å². The lowest BCUT2D eigenvalue weighted by Gasteiger charge is -2.47. The van der Waals surface area contributed by atoms with Crippen molar-refractivity contribution < 1.29 is 0 Å². The van der Waals surface area contributed by atoms with E-state index in [2.05, 4.69) is 36.0 Å². The molecule has 0 aromatic rings. The second-order valence-corrected chi connectivity index (χ2v) is 8.29. The first-order valence-corrected chi connectivity index (χ1v) is 8.69. The fourth-order valence-electron chi connectivity index (χ4n) is 4.24. The summed E-state index contributed by atoms with van der Waals surface area (Å²) in [6.45, 7) is 11.3. The summed E-state index contributed by atoms with van der Waals surface area (Å²) in [4.78, 5) is 5.36. The Kier molecular flexibility index (Phi) is 4.40. The monoisotopic (exact) mass is 279 g/mol. The largest absolute Gasteiger partial charge is 0.313 e. The number of nitrogens with one attached hydrogen (secondary N) is 1. The summed E-state index contributed by atoms with van der Waals surface area (Å²) in [5.41, 5.74) is 0.413. The first kappa shape index (κ1) is 14.8. The zero-order chi connectivity index (χ0) is 14.2. The second-order valence-electron chi connectivity index (χ2n) is 8.29. The molecule has 1 aliphatic carbocycles. The van der Waals surface area contributed by atoms with Crippen LogP contribution >= 0.6 is 0 Å². The Morgan fingerprint density at radius 2 is 1.90 bits per heavy atom. The molecule has 0 spiro atoms. The SMILES string of the molecule is CN1CCCC2CN(CC(C)(C)CNC3CC3)CCC21. The van der Waals surface area contributed by atoms with E-state index in [1.165, 1.54) is 64.8 Å². The number of likely N-dealkylation sites (tertiary alicyclic amines) is 2. The lowest BCUT2D eigenvalue weighted by atomic mass is 9.83. The van der Waals surface area contributed by atoms with Crippen molar-refractivity contribution in [1.82, 2.24) is 15.1 Å². The lowest BCUT2D eigenvalue weighted by molar-refractivity contribution is 0.0240. The van der Waals surface area contributed by atoms with Gasteiger partial charge in [0.2, 0.25) is 0 Å². The molecular formula is C17H33N3. The molecule has 2 heterocycles. The first-order chi connectivity index (χ1) is 9.53. The van der Waals surface area contributed by atoms with Gasteiger partial charge in [-0.3, -0.25) is 0 Å². The van der Waals surface area contributed by atoms with Crippen molar-refractivity contribution in [3.63, 3.8) is 0 Å². The maximum Gasteiger partial charge on any atom is 0.0145 e. The standard InChI is InChI=1S/C17H33N3/c1-17(2,12-18-15-6-7-15)13-20-10-8-16-14(11-20)5-4-9-19(16)3/h14-16,18H,4-13H2,1-3H3. The Bertz CT molecular complexity index is 324. The summed E-state index contributed by atoms with van der Waals surface area (Å²) in [5, 5.41) is 3.71. The van der Waals surface area contributed by atoms with Crippen LogP contribution in [0.3, 0.4) is 0 Å². The zero-order valence-corrected chi connectivity index (χ0v) is 13.7. The van der Waals surface area contributed by atoms with Crippen molar-refractivity contribution in [2.75, 3.05) is 39.8 Å². The maximum atomic E-state index is 3.71. The van der Waals surface area contributed by atoms with E-state index >= 15 is 0 Å². The fraction of sp³-hybridized carbons (Fsp3) is 1.00. The van der Waals surface area contributed by atoms with E-state index in [-0.39, 0.29) is 0 Å². The van der Waals surface area contributed by atoms with Gasteiger partial charge in [0.05, 0.1) is 0 Å². The minimum Gasteiger partial charge on any atom is -0.313 e. The van der Waals surface area contributed by atoms with Crippen LogP contribution in [0.2, 0.25) is 0 Å². The molecule has 2 aliphatic heterocycles. The topological polar surface area (TPSA) is 18.5 Å². The molecule has 3 rings (SSSR count). The number of rotatable bonds is 5. The zero-order valence-electron chi connectivity index (χ0n) is 13.7. The van der Waals surface area contributed by atoms with E-state index in [4.69, 9.17) is 0 Å². The smallest absolute Gasteiger partial charge is 0.0145 e. The molecule has 0 aromatic heterocycles. The fourth-order valence-corrected chi connectivity index (χ4v) is 4.24. The average Bonchev–Trinajstić information content (AvgIpc) is 3.20. The predicted octanol–water partition coefficient (Wildman–Crippen LogP) is 2.18. The van der Waals surface area contributed by atoms with Crippen LogP contribution in [0.25, 0.3) is 0 Å².